The Morgan fingerprint density at radius 3 is 2.67 bits per heavy atom. The number of thiazole rings is 1. The van der Waals surface area contributed by atoms with Crippen LogP contribution in [0, 0.1) is 10.1 Å². The number of hydrogen-bond donors (Lipinski definition) is 4. The van der Waals surface area contributed by atoms with E-state index >= 15 is 0 Å². The van der Waals surface area contributed by atoms with Gasteiger partial charge in [-0.2, -0.15) is 10.2 Å². The number of nitrogens with one attached hydrogen (secondary N) is 3. The summed E-state index contributed by atoms with van der Waals surface area (Å²) in [6.07, 6.45) is 1.45. The average molecular weight is 586 g/mol. The molecule has 212 valence electrons. The highest BCUT2D eigenvalue weighted by atomic mass is 32.1. The summed E-state index contributed by atoms with van der Waals surface area (Å²) in [5.74, 6) is -0.0620. The van der Waals surface area contributed by atoms with Gasteiger partial charge >= 0.3 is 0 Å². The van der Waals surface area contributed by atoms with Gasteiger partial charge in [-0.3, -0.25) is 29.5 Å². The molecule has 0 saturated heterocycles. The molecular weight excluding hydrogens is 562 g/mol. The number of aromatic hydroxyl groups is 1. The highest BCUT2D eigenvalue weighted by Crippen LogP contribution is 2.43. The summed E-state index contributed by atoms with van der Waals surface area (Å²) in [4.78, 5) is 40.2. The van der Waals surface area contributed by atoms with Crippen LogP contribution in [-0.2, 0) is 11.2 Å². The Morgan fingerprint density at radius 1 is 1.17 bits per heavy atom. The van der Waals surface area contributed by atoms with Gasteiger partial charge < -0.3 is 10.4 Å². The number of H-pyrrole nitrogens is 1. The Morgan fingerprint density at radius 2 is 1.95 bits per heavy atom. The number of nitro groups is 1. The SMILES string of the molecule is O=C(Cc1nc(O)cs1)NN=C1CCC2=C(C1)C(c1ccc([N+](=O)[O-])cc1)n1[nH]c(=O)c(N=Nc3ccccc3)c1N2. The molecular formula is C27H23N9O5S. The number of nitro benzene ring substituents is 1. The third kappa shape index (κ3) is 5.44. The Balaban J connectivity index is 1.32. The molecule has 42 heavy (non-hydrogen) atoms. The number of aromatic nitrogens is 3. The molecule has 15 heteroatoms. The number of aromatic amines is 1. The first-order valence-corrected chi connectivity index (χ1v) is 13.8. The van der Waals surface area contributed by atoms with Crippen molar-refractivity contribution in [1.29, 1.82) is 0 Å². The van der Waals surface area contributed by atoms with Gasteiger partial charge in [-0.25, -0.2) is 10.4 Å². The number of hydrogen-bond acceptors (Lipinski definition) is 11. The Kier molecular flexibility index (Phi) is 7.14. The number of carbonyl (C=O) groups excluding carboxylic acids is 1. The highest BCUT2D eigenvalue weighted by Gasteiger charge is 2.35. The lowest BCUT2D eigenvalue weighted by Crippen LogP contribution is -2.30. The summed E-state index contributed by atoms with van der Waals surface area (Å²) in [6.45, 7) is 0. The van der Waals surface area contributed by atoms with Crippen LogP contribution in [0.5, 0.6) is 5.88 Å². The molecule has 4 aromatic rings. The number of benzene rings is 2. The van der Waals surface area contributed by atoms with Gasteiger partial charge in [0.1, 0.15) is 11.0 Å². The normalized spacial score (nSPS) is 17.1. The number of fused-ring (bicyclic) bond motifs is 1. The van der Waals surface area contributed by atoms with E-state index in [0.29, 0.717) is 41.3 Å². The topological polar surface area (TPSA) is 192 Å². The number of hydrazone groups is 1. The smallest absolute Gasteiger partial charge is 0.294 e. The van der Waals surface area contributed by atoms with Crippen molar-refractivity contribution >= 4 is 45.8 Å². The van der Waals surface area contributed by atoms with E-state index in [9.17, 15) is 24.8 Å². The Hall–Kier alpha value is -5.44. The van der Waals surface area contributed by atoms with Crippen molar-refractivity contribution < 1.29 is 14.8 Å². The summed E-state index contributed by atoms with van der Waals surface area (Å²) in [5.41, 5.74) is 5.96. The molecule has 1 unspecified atom stereocenters. The maximum absolute atomic E-state index is 13.1. The molecule has 2 aromatic carbocycles. The minimum Gasteiger partial charge on any atom is -0.493 e. The summed E-state index contributed by atoms with van der Waals surface area (Å²) in [5, 5.41) is 41.6. The molecule has 0 radical (unpaired) electrons. The first-order chi connectivity index (χ1) is 20.4. The molecule has 6 rings (SSSR count). The third-order valence-electron chi connectivity index (χ3n) is 6.84. The molecule has 3 heterocycles. The lowest BCUT2D eigenvalue weighted by molar-refractivity contribution is -0.384. The van der Waals surface area contributed by atoms with Gasteiger partial charge in [-0.15, -0.1) is 16.5 Å². The highest BCUT2D eigenvalue weighted by molar-refractivity contribution is 7.09. The zero-order valence-corrected chi connectivity index (χ0v) is 22.7. The van der Waals surface area contributed by atoms with Crippen LogP contribution in [0.4, 0.5) is 22.9 Å². The van der Waals surface area contributed by atoms with Crippen molar-refractivity contribution in [1.82, 2.24) is 20.2 Å². The van der Waals surface area contributed by atoms with Crippen molar-refractivity contribution in [3.63, 3.8) is 0 Å². The fraction of sp³-hybridized carbons (Fsp3) is 0.185. The van der Waals surface area contributed by atoms with E-state index in [1.807, 2.05) is 18.2 Å². The van der Waals surface area contributed by atoms with Crippen molar-refractivity contribution in [2.45, 2.75) is 31.7 Å². The van der Waals surface area contributed by atoms with E-state index in [0.717, 1.165) is 17.0 Å². The molecule has 1 atom stereocenters. The van der Waals surface area contributed by atoms with Gasteiger partial charge in [0, 0.05) is 30.0 Å². The van der Waals surface area contributed by atoms with E-state index in [4.69, 9.17) is 0 Å². The number of nitrogens with zero attached hydrogens (tertiary/aromatic N) is 6. The van der Waals surface area contributed by atoms with Gasteiger partial charge in [0.2, 0.25) is 11.8 Å². The number of amides is 1. The van der Waals surface area contributed by atoms with Crippen molar-refractivity contribution in [3.05, 3.63) is 102 Å². The number of carbonyl (C=O) groups is 1. The maximum atomic E-state index is 13.1. The van der Waals surface area contributed by atoms with Gasteiger partial charge in [0.25, 0.3) is 11.2 Å². The Labute approximate surface area is 241 Å². The lowest BCUT2D eigenvalue weighted by atomic mass is 9.85. The molecule has 2 aliphatic rings. The minimum atomic E-state index is -0.523. The maximum Gasteiger partial charge on any atom is 0.294 e. The fourth-order valence-electron chi connectivity index (χ4n) is 4.92. The predicted molar refractivity (Wildman–Crippen MR) is 154 cm³/mol. The predicted octanol–water partition coefficient (Wildman–Crippen LogP) is 4.83. The van der Waals surface area contributed by atoms with E-state index in [-0.39, 0.29) is 29.6 Å². The average Bonchev–Trinajstić information content (AvgIpc) is 3.54. The molecule has 1 amide bonds. The molecule has 4 N–H and O–H groups in total. The minimum absolute atomic E-state index is 0.0167. The van der Waals surface area contributed by atoms with Gasteiger partial charge in [0.15, 0.2) is 11.5 Å². The summed E-state index contributed by atoms with van der Waals surface area (Å²) < 4.78 is 1.65. The molecule has 0 bridgehead atoms. The molecule has 0 spiro atoms. The van der Waals surface area contributed by atoms with Gasteiger partial charge in [-0.05, 0) is 48.2 Å². The summed E-state index contributed by atoms with van der Waals surface area (Å²) >= 11 is 1.18. The second-order valence-electron chi connectivity index (χ2n) is 9.59. The summed E-state index contributed by atoms with van der Waals surface area (Å²) in [6, 6.07) is 14.7. The van der Waals surface area contributed by atoms with E-state index in [1.54, 1.807) is 28.9 Å². The molecule has 14 nitrogen and oxygen atoms in total. The Bertz CT molecular complexity index is 1820. The van der Waals surface area contributed by atoms with Crippen LogP contribution in [-0.4, -0.2) is 36.4 Å². The third-order valence-corrected chi connectivity index (χ3v) is 7.67. The first kappa shape index (κ1) is 26.8. The number of allylic oxidation sites excluding steroid dienone is 2. The van der Waals surface area contributed by atoms with Crippen molar-refractivity contribution in [2.75, 3.05) is 5.32 Å². The quantitative estimate of drug-likeness (QED) is 0.135. The second-order valence-corrected chi connectivity index (χ2v) is 10.5. The van der Waals surface area contributed by atoms with Crippen molar-refractivity contribution in [2.24, 2.45) is 15.3 Å². The van der Waals surface area contributed by atoms with Crippen LogP contribution in [0.3, 0.4) is 0 Å². The van der Waals surface area contributed by atoms with Crippen LogP contribution in [0.1, 0.15) is 35.9 Å². The number of anilines is 1. The molecule has 2 aromatic heterocycles. The second kappa shape index (κ2) is 11.2. The lowest BCUT2D eigenvalue weighted by Gasteiger charge is -2.35. The van der Waals surface area contributed by atoms with Crippen LogP contribution in [0.2, 0.25) is 0 Å². The number of non-ortho nitro benzene ring substituents is 1. The van der Waals surface area contributed by atoms with Crippen LogP contribution in [0.15, 0.2) is 91.4 Å². The van der Waals surface area contributed by atoms with Gasteiger partial charge in [-0.1, -0.05) is 18.2 Å². The largest absolute Gasteiger partial charge is 0.493 e. The standard InChI is InChI=1S/C27H23N9O5S/c37-21(13-23-29-22(38)14-42-23)32-31-17-8-11-20-19(12-17)25(15-6-9-18(10-7-15)36(40)41)35-26(28-20)24(27(39)34-35)33-30-16-4-2-1-3-5-16/h1-7,9-10,14,25,28,38H,8,11-13H2,(H,32,37)(H,34,39). The van der Waals surface area contributed by atoms with Crippen LogP contribution in [0.25, 0.3) is 0 Å². The van der Waals surface area contributed by atoms with E-state index < -0.39 is 16.5 Å². The monoisotopic (exact) mass is 585 g/mol. The van der Waals surface area contributed by atoms with Gasteiger partial charge in [0.05, 0.1) is 22.4 Å². The first-order valence-electron chi connectivity index (χ1n) is 12.9. The molecule has 1 aliphatic heterocycles. The van der Waals surface area contributed by atoms with Crippen LogP contribution >= 0.6 is 11.3 Å². The zero-order chi connectivity index (χ0) is 29.2. The zero-order valence-electron chi connectivity index (χ0n) is 21.9. The van der Waals surface area contributed by atoms with Crippen LogP contribution < -0.4 is 16.3 Å². The molecule has 0 fully saturated rings. The molecule has 1 aliphatic carbocycles. The van der Waals surface area contributed by atoms with E-state index in [2.05, 4.69) is 36.2 Å². The number of azo groups is 1. The molecule has 0 saturated carbocycles. The number of rotatable bonds is 7. The van der Waals surface area contributed by atoms with Crippen molar-refractivity contribution in [3.8, 4) is 5.88 Å². The fourth-order valence-corrected chi connectivity index (χ4v) is 5.58. The van der Waals surface area contributed by atoms with E-state index in [1.165, 1.54) is 28.8 Å². The summed E-state index contributed by atoms with van der Waals surface area (Å²) in [7, 11) is 0.